The van der Waals surface area contributed by atoms with Crippen LogP contribution in [0.1, 0.15) is 20.7 Å². The van der Waals surface area contributed by atoms with Crippen molar-refractivity contribution in [1.82, 2.24) is 20.2 Å². The van der Waals surface area contributed by atoms with Crippen LogP contribution in [0.3, 0.4) is 0 Å². The first-order valence-electron chi connectivity index (χ1n) is 8.62. The monoisotopic (exact) mass is 386 g/mol. The summed E-state index contributed by atoms with van der Waals surface area (Å²) in [5, 5.41) is 11.0. The molecule has 29 heavy (non-hydrogen) atoms. The Morgan fingerprint density at radius 3 is 1.69 bits per heavy atom. The Kier molecular flexibility index (Phi) is 5.06. The molecule has 0 spiro atoms. The van der Waals surface area contributed by atoms with Crippen molar-refractivity contribution in [2.45, 2.75) is 0 Å². The van der Waals surface area contributed by atoms with Crippen molar-refractivity contribution >= 4 is 11.9 Å². The van der Waals surface area contributed by atoms with Gasteiger partial charge >= 0.3 is 11.9 Å². The van der Waals surface area contributed by atoms with E-state index in [0.29, 0.717) is 17.2 Å². The molecular formula is C21H14N4O4. The lowest BCUT2D eigenvalue weighted by Crippen LogP contribution is -2.14. The van der Waals surface area contributed by atoms with Crippen LogP contribution in [-0.2, 0) is 0 Å². The van der Waals surface area contributed by atoms with Gasteiger partial charge in [0.05, 0.1) is 16.8 Å². The van der Waals surface area contributed by atoms with Crippen LogP contribution in [0.25, 0.3) is 5.69 Å². The minimum atomic E-state index is -0.625. The molecule has 0 fully saturated rings. The highest BCUT2D eigenvalue weighted by molar-refractivity contribution is 5.97. The molecule has 0 aliphatic rings. The van der Waals surface area contributed by atoms with Gasteiger partial charge in [0, 0.05) is 0 Å². The van der Waals surface area contributed by atoms with E-state index in [1.54, 1.807) is 48.5 Å². The molecule has 0 bridgehead atoms. The second-order valence-corrected chi connectivity index (χ2v) is 5.93. The number of hydrogen-bond acceptors (Lipinski definition) is 7. The first kappa shape index (κ1) is 18.1. The average molecular weight is 386 g/mol. The molecular weight excluding hydrogens is 372 g/mol. The minimum Gasteiger partial charge on any atom is -0.423 e. The molecule has 0 aliphatic carbocycles. The van der Waals surface area contributed by atoms with Crippen LogP contribution >= 0.6 is 0 Å². The number of nitrogens with zero attached hydrogens (tertiary/aromatic N) is 4. The number of esters is 2. The molecule has 0 saturated carbocycles. The van der Waals surface area contributed by atoms with Gasteiger partial charge < -0.3 is 9.47 Å². The van der Waals surface area contributed by atoms with E-state index in [2.05, 4.69) is 15.5 Å². The van der Waals surface area contributed by atoms with Crippen LogP contribution in [0.15, 0.2) is 85.2 Å². The van der Waals surface area contributed by atoms with Gasteiger partial charge in [-0.15, -0.1) is 5.10 Å². The molecule has 142 valence electrons. The maximum absolute atomic E-state index is 12.6. The molecule has 8 heteroatoms. The number of tetrazole rings is 1. The molecule has 1 aromatic heterocycles. The van der Waals surface area contributed by atoms with E-state index in [1.165, 1.54) is 29.2 Å². The molecule has 8 nitrogen and oxygen atoms in total. The Labute approximate surface area is 165 Å². The summed E-state index contributed by atoms with van der Waals surface area (Å²) in [6.45, 7) is 0. The molecule has 4 aromatic rings. The fraction of sp³-hybridized carbons (Fsp3) is 0. The molecule has 3 aromatic carbocycles. The van der Waals surface area contributed by atoms with Gasteiger partial charge in [-0.3, -0.25) is 0 Å². The summed E-state index contributed by atoms with van der Waals surface area (Å²) >= 11 is 0. The third kappa shape index (κ3) is 4.33. The average Bonchev–Trinajstić information content (AvgIpc) is 3.30. The quantitative estimate of drug-likeness (QED) is 0.384. The van der Waals surface area contributed by atoms with Crippen molar-refractivity contribution in [1.29, 1.82) is 0 Å². The predicted octanol–water partition coefficient (Wildman–Crippen LogP) is 3.10. The second-order valence-electron chi connectivity index (χ2n) is 5.93. The Hall–Kier alpha value is -4.33. The number of carbonyl (C=O) groups is 2. The minimum absolute atomic E-state index is 0.155. The summed E-state index contributed by atoms with van der Waals surface area (Å²) < 4.78 is 12.1. The number of benzene rings is 3. The maximum Gasteiger partial charge on any atom is 0.343 e. The standard InChI is InChI=1S/C21H14N4O4/c26-20(28-18-7-3-1-4-8-18)15-11-16(13-17(12-15)25-14-22-23-24-25)21(27)29-19-9-5-2-6-10-19/h1-14H. The zero-order valence-electron chi connectivity index (χ0n) is 15.0. The van der Waals surface area contributed by atoms with E-state index in [4.69, 9.17) is 9.47 Å². The Morgan fingerprint density at radius 1 is 0.724 bits per heavy atom. The maximum atomic E-state index is 12.6. The molecule has 1 heterocycles. The van der Waals surface area contributed by atoms with Crippen molar-refractivity contribution in [3.63, 3.8) is 0 Å². The second kappa shape index (κ2) is 8.13. The van der Waals surface area contributed by atoms with Crippen LogP contribution in [0.5, 0.6) is 11.5 Å². The Morgan fingerprint density at radius 2 is 1.24 bits per heavy atom. The molecule has 0 radical (unpaired) electrons. The highest BCUT2D eigenvalue weighted by Gasteiger charge is 2.17. The topological polar surface area (TPSA) is 96.2 Å². The third-order valence-corrected chi connectivity index (χ3v) is 3.91. The van der Waals surface area contributed by atoms with Gasteiger partial charge in [-0.1, -0.05) is 36.4 Å². The number of rotatable bonds is 5. The summed E-state index contributed by atoms with van der Waals surface area (Å²) in [5.74, 6) is -0.475. The van der Waals surface area contributed by atoms with Crippen molar-refractivity contribution in [3.8, 4) is 17.2 Å². The molecule has 0 atom stereocenters. The predicted molar refractivity (Wildman–Crippen MR) is 102 cm³/mol. The van der Waals surface area contributed by atoms with Gasteiger partial charge in [0.15, 0.2) is 0 Å². The van der Waals surface area contributed by atoms with E-state index in [9.17, 15) is 9.59 Å². The van der Waals surface area contributed by atoms with Crippen LogP contribution in [-0.4, -0.2) is 32.1 Å². The number of carbonyl (C=O) groups excluding carboxylic acids is 2. The summed E-state index contributed by atoms with van der Waals surface area (Å²) in [7, 11) is 0. The third-order valence-electron chi connectivity index (χ3n) is 3.91. The molecule has 0 N–H and O–H groups in total. The number of hydrogen-bond donors (Lipinski definition) is 0. The van der Waals surface area contributed by atoms with Crippen molar-refractivity contribution in [3.05, 3.63) is 96.3 Å². The summed E-state index contributed by atoms with van der Waals surface area (Å²) in [6.07, 6.45) is 1.36. The van der Waals surface area contributed by atoms with E-state index in [-0.39, 0.29) is 11.1 Å². The van der Waals surface area contributed by atoms with Crippen LogP contribution in [0, 0.1) is 0 Å². The zero-order chi connectivity index (χ0) is 20.1. The first-order valence-corrected chi connectivity index (χ1v) is 8.62. The fourth-order valence-electron chi connectivity index (χ4n) is 2.57. The summed E-state index contributed by atoms with van der Waals surface area (Å²) in [5.41, 5.74) is 0.723. The Bertz CT molecular complexity index is 1060. The van der Waals surface area contributed by atoms with Crippen molar-refractivity contribution < 1.29 is 19.1 Å². The van der Waals surface area contributed by atoms with Crippen LogP contribution < -0.4 is 9.47 Å². The molecule has 4 rings (SSSR count). The van der Waals surface area contributed by atoms with Gasteiger partial charge in [-0.25, -0.2) is 14.3 Å². The lowest BCUT2D eigenvalue weighted by Gasteiger charge is -2.09. The summed E-state index contributed by atoms with van der Waals surface area (Å²) in [4.78, 5) is 25.3. The fourth-order valence-corrected chi connectivity index (χ4v) is 2.57. The van der Waals surface area contributed by atoms with E-state index < -0.39 is 11.9 Å². The first-order chi connectivity index (χ1) is 14.2. The number of ether oxygens (including phenoxy) is 2. The van der Waals surface area contributed by atoms with Crippen molar-refractivity contribution in [2.75, 3.05) is 0 Å². The normalized spacial score (nSPS) is 10.3. The number of aromatic nitrogens is 4. The highest BCUT2D eigenvalue weighted by Crippen LogP contribution is 2.19. The SMILES string of the molecule is O=C(Oc1ccccc1)c1cc(C(=O)Oc2ccccc2)cc(-n2cnnn2)c1. The van der Waals surface area contributed by atoms with Gasteiger partial charge in [0.2, 0.25) is 0 Å². The van der Waals surface area contributed by atoms with Crippen LogP contribution in [0.4, 0.5) is 0 Å². The molecule has 0 unspecified atom stereocenters. The lowest BCUT2D eigenvalue weighted by atomic mass is 10.1. The molecule has 0 amide bonds. The van der Waals surface area contributed by atoms with Crippen molar-refractivity contribution in [2.24, 2.45) is 0 Å². The zero-order valence-corrected chi connectivity index (χ0v) is 15.0. The van der Waals surface area contributed by atoms with Gasteiger partial charge in [0.1, 0.15) is 17.8 Å². The van der Waals surface area contributed by atoms with E-state index in [0.717, 1.165) is 0 Å². The smallest absolute Gasteiger partial charge is 0.343 e. The highest BCUT2D eigenvalue weighted by atomic mass is 16.5. The van der Waals surface area contributed by atoms with E-state index >= 15 is 0 Å². The summed E-state index contributed by atoms with van der Waals surface area (Å²) in [6, 6.07) is 21.7. The Balaban J connectivity index is 1.67. The number of para-hydroxylation sites is 2. The van der Waals surface area contributed by atoms with Gasteiger partial charge in [-0.2, -0.15) is 0 Å². The largest absolute Gasteiger partial charge is 0.423 e. The lowest BCUT2D eigenvalue weighted by molar-refractivity contribution is 0.0734. The molecule has 0 aliphatic heterocycles. The van der Waals surface area contributed by atoms with E-state index in [1.807, 2.05) is 12.1 Å². The van der Waals surface area contributed by atoms with Gasteiger partial charge in [-0.05, 0) is 52.9 Å². The molecule has 0 saturated heterocycles. The van der Waals surface area contributed by atoms with Crippen LogP contribution in [0.2, 0.25) is 0 Å². The van der Waals surface area contributed by atoms with Gasteiger partial charge in [0.25, 0.3) is 0 Å².